The molecular formula is C16H17ClO4. The molecular weight excluding hydrogens is 292 g/mol. The number of allylic oxidation sites excluding steroid dienone is 2. The van der Waals surface area contributed by atoms with E-state index < -0.39 is 12.6 Å². The van der Waals surface area contributed by atoms with Gasteiger partial charge in [-0.25, -0.2) is 4.79 Å². The zero-order valence-electron chi connectivity index (χ0n) is 11.8. The number of rotatable bonds is 5. The Kier molecular flexibility index (Phi) is 5.02. The summed E-state index contributed by atoms with van der Waals surface area (Å²) in [6.45, 7) is 1.68. The van der Waals surface area contributed by atoms with Crippen LogP contribution in [-0.4, -0.2) is 23.5 Å². The summed E-state index contributed by atoms with van der Waals surface area (Å²) in [6.07, 6.45) is 4.05. The number of hydrogen-bond donors (Lipinski definition) is 1. The largest absolute Gasteiger partial charge is 0.482 e. The van der Waals surface area contributed by atoms with Gasteiger partial charge in [0.15, 0.2) is 12.4 Å². The van der Waals surface area contributed by atoms with Gasteiger partial charge in [-0.2, -0.15) is 0 Å². The lowest BCUT2D eigenvalue weighted by molar-refractivity contribution is -0.139. The number of carbonyl (C=O) groups excluding carboxylic acids is 1. The second-order valence-corrected chi connectivity index (χ2v) is 5.44. The molecule has 0 bridgehead atoms. The Morgan fingerprint density at radius 2 is 2.24 bits per heavy atom. The molecule has 0 aromatic heterocycles. The zero-order chi connectivity index (χ0) is 15.4. The molecule has 5 heteroatoms. The van der Waals surface area contributed by atoms with E-state index >= 15 is 0 Å². The van der Waals surface area contributed by atoms with Crippen LogP contribution < -0.4 is 4.74 Å². The summed E-state index contributed by atoms with van der Waals surface area (Å²) in [4.78, 5) is 22.1. The summed E-state index contributed by atoms with van der Waals surface area (Å²) >= 11 is 6.27. The van der Waals surface area contributed by atoms with E-state index in [0.717, 1.165) is 24.0 Å². The Bertz CT molecular complexity index is 592. The number of hydrogen-bond acceptors (Lipinski definition) is 3. The van der Waals surface area contributed by atoms with Crippen molar-refractivity contribution < 1.29 is 19.4 Å². The van der Waals surface area contributed by atoms with Crippen LogP contribution in [-0.2, 0) is 9.59 Å². The highest BCUT2D eigenvalue weighted by molar-refractivity contribution is 6.32. The monoisotopic (exact) mass is 308 g/mol. The number of aliphatic carboxylic acids is 1. The van der Waals surface area contributed by atoms with Crippen LogP contribution in [0, 0.1) is 5.92 Å². The van der Waals surface area contributed by atoms with E-state index in [1.54, 1.807) is 24.3 Å². The van der Waals surface area contributed by atoms with Gasteiger partial charge in [0.1, 0.15) is 5.75 Å². The van der Waals surface area contributed by atoms with Crippen LogP contribution in [0.4, 0.5) is 0 Å². The van der Waals surface area contributed by atoms with Crippen molar-refractivity contribution in [2.45, 2.75) is 26.2 Å². The van der Waals surface area contributed by atoms with E-state index in [-0.39, 0.29) is 5.78 Å². The van der Waals surface area contributed by atoms with Crippen molar-refractivity contribution in [2.75, 3.05) is 6.61 Å². The molecule has 0 fully saturated rings. The summed E-state index contributed by atoms with van der Waals surface area (Å²) in [5.41, 5.74) is 1.78. The van der Waals surface area contributed by atoms with Gasteiger partial charge in [-0.3, -0.25) is 4.79 Å². The maximum Gasteiger partial charge on any atom is 0.341 e. The van der Waals surface area contributed by atoms with Gasteiger partial charge in [0.25, 0.3) is 0 Å². The molecule has 0 heterocycles. The van der Waals surface area contributed by atoms with Gasteiger partial charge in [-0.15, -0.1) is 0 Å². The summed E-state index contributed by atoms with van der Waals surface area (Å²) in [5, 5.41) is 9.06. The predicted octanol–water partition coefficient (Wildman–Crippen LogP) is 3.58. The first-order chi connectivity index (χ1) is 10.0. The number of benzene rings is 1. The molecule has 1 N–H and O–H groups in total. The van der Waals surface area contributed by atoms with Gasteiger partial charge in [-0.05, 0) is 54.2 Å². The number of halogens is 1. The fourth-order valence-electron chi connectivity index (χ4n) is 2.52. The fourth-order valence-corrected chi connectivity index (χ4v) is 2.80. The van der Waals surface area contributed by atoms with Crippen LogP contribution in [0.2, 0.25) is 5.02 Å². The van der Waals surface area contributed by atoms with Gasteiger partial charge in [0.2, 0.25) is 0 Å². The predicted molar refractivity (Wildman–Crippen MR) is 80.6 cm³/mol. The fraction of sp³-hybridized carbons (Fsp3) is 0.375. The van der Waals surface area contributed by atoms with Crippen LogP contribution in [0.5, 0.6) is 5.75 Å². The summed E-state index contributed by atoms with van der Waals surface area (Å²) in [7, 11) is 0. The topological polar surface area (TPSA) is 63.6 Å². The Morgan fingerprint density at radius 1 is 1.48 bits per heavy atom. The van der Waals surface area contributed by atoms with E-state index in [4.69, 9.17) is 21.4 Å². The second kappa shape index (κ2) is 6.76. The van der Waals surface area contributed by atoms with Crippen LogP contribution in [0.25, 0.3) is 5.57 Å². The highest BCUT2D eigenvalue weighted by Gasteiger charge is 2.23. The van der Waals surface area contributed by atoms with Crippen molar-refractivity contribution >= 4 is 28.9 Å². The summed E-state index contributed by atoms with van der Waals surface area (Å²) in [6, 6.07) is 5.05. The summed E-state index contributed by atoms with van der Waals surface area (Å²) < 4.78 is 5.09. The molecule has 21 heavy (non-hydrogen) atoms. The molecule has 0 amide bonds. The Hall–Kier alpha value is -1.81. The first kappa shape index (κ1) is 15.6. The Morgan fingerprint density at radius 3 is 2.86 bits per heavy atom. The van der Waals surface area contributed by atoms with Gasteiger partial charge in [0, 0.05) is 6.42 Å². The second-order valence-electron chi connectivity index (χ2n) is 5.03. The van der Waals surface area contributed by atoms with Gasteiger partial charge >= 0.3 is 5.97 Å². The van der Waals surface area contributed by atoms with E-state index in [0.29, 0.717) is 23.1 Å². The lowest BCUT2D eigenvalue weighted by atomic mass is 9.82. The number of carbonyl (C=O) groups is 2. The number of ether oxygens (including phenoxy) is 1. The SMILES string of the molecule is CCC1CCC(=O)C=C1c1ccc(OCC(=O)O)cc1Cl. The Balaban J connectivity index is 2.27. The van der Waals surface area contributed by atoms with Crippen LogP contribution in [0.15, 0.2) is 24.3 Å². The molecule has 0 spiro atoms. The minimum Gasteiger partial charge on any atom is -0.482 e. The molecule has 112 valence electrons. The maximum absolute atomic E-state index is 11.7. The lowest BCUT2D eigenvalue weighted by Crippen LogP contribution is -2.13. The lowest BCUT2D eigenvalue weighted by Gasteiger charge is -2.23. The maximum atomic E-state index is 11.7. The molecule has 0 saturated heterocycles. The zero-order valence-corrected chi connectivity index (χ0v) is 12.5. The first-order valence-electron chi connectivity index (χ1n) is 6.90. The third kappa shape index (κ3) is 3.85. The number of carboxylic acids is 1. The average molecular weight is 309 g/mol. The minimum absolute atomic E-state index is 0.122. The number of carboxylic acid groups (broad SMARTS) is 1. The average Bonchev–Trinajstić information content (AvgIpc) is 2.45. The van der Waals surface area contributed by atoms with Gasteiger partial charge in [0.05, 0.1) is 5.02 Å². The molecule has 4 nitrogen and oxygen atoms in total. The van der Waals surface area contributed by atoms with Crippen LogP contribution >= 0.6 is 11.6 Å². The van der Waals surface area contributed by atoms with Crippen molar-refractivity contribution in [1.82, 2.24) is 0 Å². The normalized spacial score (nSPS) is 18.3. The molecule has 1 aliphatic rings. The first-order valence-corrected chi connectivity index (χ1v) is 7.28. The third-order valence-electron chi connectivity index (χ3n) is 3.60. The molecule has 2 rings (SSSR count). The molecule has 0 aliphatic heterocycles. The highest BCUT2D eigenvalue weighted by Crippen LogP contribution is 2.37. The molecule has 1 unspecified atom stereocenters. The molecule has 1 atom stereocenters. The van der Waals surface area contributed by atoms with Crippen molar-refractivity contribution in [2.24, 2.45) is 5.92 Å². The van der Waals surface area contributed by atoms with E-state index in [9.17, 15) is 9.59 Å². The summed E-state index contributed by atoms with van der Waals surface area (Å²) in [5.74, 6) is -0.188. The molecule has 0 radical (unpaired) electrons. The van der Waals surface area contributed by atoms with Gasteiger partial charge < -0.3 is 9.84 Å². The van der Waals surface area contributed by atoms with Crippen LogP contribution in [0.3, 0.4) is 0 Å². The molecule has 1 aliphatic carbocycles. The van der Waals surface area contributed by atoms with E-state index in [1.807, 2.05) is 0 Å². The van der Waals surface area contributed by atoms with Crippen molar-refractivity contribution in [3.05, 3.63) is 34.9 Å². The highest BCUT2D eigenvalue weighted by atomic mass is 35.5. The van der Waals surface area contributed by atoms with Crippen molar-refractivity contribution in [1.29, 1.82) is 0 Å². The standard InChI is InChI=1S/C16H17ClO4/c1-2-10-3-4-11(18)7-14(10)13-6-5-12(8-15(13)17)21-9-16(19)20/h5-8,10H,2-4,9H2,1H3,(H,19,20). The van der Waals surface area contributed by atoms with Crippen molar-refractivity contribution in [3.8, 4) is 5.75 Å². The van der Waals surface area contributed by atoms with Crippen LogP contribution in [0.1, 0.15) is 31.7 Å². The quantitative estimate of drug-likeness (QED) is 0.903. The Labute approximate surface area is 128 Å². The van der Waals surface area contributed by atoms with E-state index in [1.165, 1.54) is 0 Å². The van der Waals surface area contributed by atoms with Crippen molar-refractivity contribution in [3.63, 3.8) is 0 Å². The smallest absolute Gasteiger partial charge is 0.341 e. The van der Waals surface area contributed by atoms with Gasteiger partial charge in [-0.1, -0.05) is 18.5 Å². The third-order valence-corrected chi connectivity index (χ3v) is 3.91. The molecule has 1 aromatic carbocycles. The van der Waals surface area contributed by atoms with E-state index in [2.05, 4.69) is 6.92 Å². The minimum atomic E-state index is -1.04. The molecule has 1 aromatic rings. The number of ketones is 1. The molecule has 0 saturated carbocycles.